The molecule has 1 aromatic carbocycles. The molecular weight excluding hydrogens is 154 g/mol. The molecule has 62 valence electrons. The summed E-state index contributed by atoms with van der Waals surface area (Å²) in [7, 11) is 0. The van der Waals surface area contributed by atoms with Gasteiger partial charge in [-0.3, -0.25) is 4.98 Å². The molecule has 0 aliphatic carbocycles. The normalized spacial score (nSPS) is 10.8. The van der Waals surface area contributed by atoms with Gasteiger partial charge in [-0.1, -0.05) is 13.0 Å². The average Bonchev–Trinajstić information content (AvgIpc) is 2.43. The minimum Gasteiger partial charge on any atom is -0.408 e. The third kappa shape index (κ3) is 1.03. The van der Waals surface area contributed by atoms with Gasteiger partial charge in [0.25, 0.3) is 0 Å². The minimum absolute atomic E-state index is 0.391. The van der Waals surface area contributed by atoms with E-state index in [-0.39, 0.29) is 0 Å². The monoisotopic (exact) mass is 163 g/mol. The highest BCUT2D eigenvalue weighted by atomic mass is 16.4. The molecule has 0 saturated heterocycles. The van der Waals surface area contributed by atoms with Gasteiger partial charge in [0, 0.05) is 0 Å². The van der Waals surface area contributed by atoms with Crippen LogP contribution in [0.25, 0.3) is 11.1 Å². The van der Waals surface area contributed by atoms with E-state index in [0.717, 1.165) is 11.9 Å². The molecule has 3 heteroatoms. The summed E-state index contributed by atoms with van der Waals surface area (Å²) in [6, 6.07) is 5.72. The SMILES string of the molecule is CCc1ccc2[nH]c(=O)oc2c1. The Labute approximate surface area is 69.0 Å². The fourth-order valence-corrected chi connectivity index (χ4v) is 1.21. The molecule has 2 rings (SSSR count). The highest BCUT2D eigenvalue weighted by Crippen LogP contribution is 2.12. The Bertz CT molecular complexity index is 453. The summed E-state index contributed by atoms with van der Waals surface area (Å²) in [6.45, 7) is 2.06. The standard InChI is InChI=1S/C9H9NO2/c1-2-6-3-4-7-8(5-6)12-9(11)10-7/h3-5H,2H2,1H3,(H,10,11). The van der Waals surface area contributed by atoms with Gasteiger partial charge in [-0.25, -0.2) is 4.79 Å². The van der Waals surface area contributed by atoms with Crippen molar-refractivity contribution in [3.63, 3.8) is 0 Å². The number of rotatable bonds is 1. The van der Waals surface area contributed by atoms with Crippen molar-refractivity contribution in [1.82, 2.24) is 4.98 Å². The fraction of sp³-hybridized carbons (Fsp3) is 0.222. The van der Waals surface area contributed by atoms with E-state index in [1.807, 2.05) is 18.2 Å². The summed E-state index contributed by atoms with van der Waals surface area (Å²) in [5.74, 6) is -0.391. The van der Waals surface area contributed by atoms with E-state index in [9.17, 15) is 4.79 Å². The number of hydrogen-bond donors (Lipinski definition) is 1. The Morgan fingerprint density at radius 2 is 2.33 bits per heavy atom. The number of hydrogen-bond acceptors (Lipinski definition) is 2. The maximum atomic E-state index is 10.8. The van der Waals surface area contributed by atoms with Gasteiger partial charge in [0.15, 0.2) is 5.58 Å². The first kappa shape index (κ1) is 7.16. The van der Waals surface area contributed by atoms with Gasteiger partial charge in [0.1, 0.15) is 0 Å². The Kier molecular flexibility index (Phi) is 1.50. The number of aromatic nitrogens is 1. The number of aryl methyl sites for hydroxylation is 1. The van der Waals surface area contributed by atoms with E-state index >= 15 is 0 Å². The number of benzene rings is 1. The van der Waals surface area contributed by atoms with Crippen LogP contribution in [-0.2, 0) is 6.42 Å². The molecule has 0 aliphatic rings. The Morgan fingerprint density at radius 1 is 1.50 bits per heavy atom. The van der Waals surface area contributed by atoms with Crippen LogP contribution < -0.4 is 5.76 Å². The lowest BCUT2D eigenvalue weighted by Gasteiger charge is -1.92. The minimum atomic E-state index is -0.391. The first-order chi connectivity index (χ1) is 5.79. The van der Waals surface area contributed by atoms with Crippen LogP contribution in [0.1, 0.15) is 12.5 Å². The van der Waals surface area contributed by atoms with E-state index in [2.05, 4.69) is 11.9 Å². The summed E-state index contributed by atoms with van der Waals surface area (Å²) >= 11 is 0. The molecule has 2 aromatic rings. The number of nitrogens with one attached hydrogen (secondary N) is 1. The zero-order chi connectivity index (χ0) is 8.55. The molecule has 1 heterocycles. The van der Waals surface area contributed by atoms with Gasteiger partial charge in [0.2, 0.25) is 0 Å². The quantitative estimate of drug-likeness (QED) is 0.695. The van der Waals surface area contributed by atoms with Crippen LogP contribution in [-0.4, -0.2) is 4.98 Å². The molecule has 0 bridgehead atoms. The van der Waals surface area contributed by atoms with Crippen LogP contribution in [0.3, 0.4) is 0 Å². The second-order valence-electron chi connectivity index (χ2n) is 2.70. The molecule has 0 unspecified atom stereocenters. The lowest BCUT2D eigenvalue weighted by Crippen LogP contribution is -1.92. The van der Waals surface area contributed by atoms with Crippen LogP contribution in [0.4, 0.5) is 0 Å². The van der Waals surface area contributed by atoms with Crippen molar-refractivity contribution >= 4 is 11.1 Å². The second-order valence-corrected chi connectivity index (χ2v) is 2.70. The number of H-pyrrole nitrogens is 1. The summed E-state index contributed by atoms with van der Waals surface area (Å²) in [6.07, 6.45) is 0.949. The molecule has 1 aromatic heterocycles. The number of aromatic amines is 1. The highest BCUT2D eigenvalue weighted by Gasteiger charge is 1.99. The van der Waals surface area contributed by atoms with Gasteiger partial charge in [-0.15, -0.1) is 0 Å². The van der Waals surface area contributed by atoms with Crippen molar-refractivity contribution in [2.45, 2.75) is 13.3 Å². The Morgan fingerprint density at radius 3 is 3.08 bits per heavy atom. The van der Waals surface area contributed by atoms with Crippen molar-refractivity contribution < 1.29 is 4.42 Å². The van der Waals surface area contributed by atoms with Crippen LogP contribution in [0, 0.1) is 0 Å². The van der Waals surface area contributed by atoms with Gasteiger partial charge in [-0.05, 0) is 24.1 Å². The first-order valence-electron chi connectivity index (χ1n) is 3.91. The van der Waals surface area contributed by atoms with E-state index in [4.69, 9.17) is 4.42 Å². The first-order valence-corrected chi connectivity index (χ1v) is 3.91. The van der Waals surface area contributed by atoms with Gasteiger partial charge in [0.05, 0.1) is 5.52 Å². The fourth-order valence-electron chi connectivity index (χ4n) is 1.21. The summed E-state index contributed by atoms with van der Waals surface area (Å²) in [5, 5.41) is 0. The van der Waals surface area contributed by atoms with Gasteiger partial charge >= 0.3 is 5.76 Å². The molecule has 0 saturated carbocycles. The van der Waals surface area contributed by atoms with Crippen LogP contribution in [0.2, 0.25) is 0 Å². The van der Waals surface area contributed by atoms with Crippen molar-refractivity contribution in [2.24, 2.45) is 0 Å². The largest absolute Gasteiger partial charge is 0.417 e. The Balaban J connectivity index is 2.74. The number of fused-ring (bicyclic) bond motifs is 1. The van der Waals surface area contributed by atoms with Crippen molar-refractivity contribution in [3.8, 4) is 0 Å². The number of oxazole rings is 1. The van der Waals surface area contributed by atoms with Crippen LogP contribution in [0.15, 0.2) is 27.4 Å². The molecule has 1 N–H and O–H groups in total. The van der Waals surface area contributed by atoms with E-state index < -0.39 is 5.76 Å². The smallest absolute Gasteiger partial charge is 0.408 e. The lowest BCUT2D eigenvalue weighted by molar-refractivity contribution is 0.555. The topological polar surface area (TPSA) is 46.0 Å². The average molecular weight is 163 g/mol. The molecule has 0 amide bonds. The zero-order valence-electron chi connectivity index (χ0n) is 6.76. The lowest BCUT2D eigenvalue weighted by atomic mass is 10.2. The Hall–Kier alpha value is -1.51. The van der Waals surface area contributed by atoms with E-state index in [0.29, 0.717) is 5.58 Å². The molecule has 0 spiro atoms. The molecule has 12 heavy (non-hydrogen) atoms. The van der Waals surface area contributed by atoms with E-state index in [1.54, 1.807) is 0 Å². The summed E-state index contributed by atoms with van der Waals surface area (Å²) in [5.41, 5.74) is 2.57. The van der Waals surface area contributed by atoms with Gasteiger partial charge in [-0.2, -0.15) is 0 Å². The second kappa shape index (κ2) is 2.52. The molecule has 0 aliphatic heterocycles. The predicted octanol–water partition coefficient (Wildman–Crippen LogP) is 1.68. The highest BCUT2D eigenvalue weighted by molar-refractivity contribution is 5.72. The third-order valence-corrected chi connectivity index (χ3v) is 1.89. The van der Waals surface area contributed by atoms with Crippen molar-refractivity contribution in [2.75, 3.05) is 0 Å². The molecule has 0 atom stereocenters. The maximum Gasteiger partial charge on any atom is 0.417 e. The van der Waals surface area contributed by atoms with Crippen molar-refractivity contribution in [3.05, 3.63) is 34.3 Å². The molecule has 3 nitrogen and oxygen atoms in total. The van der Waals surface area contributed by atoms with E-state index in [1.165, 1.54) is 5.56 Å². The van der Waals surface area contributed by atoms with Gasteiger partial charge < -0.3 is 4.42 Å². The molecule has 0 fully saturated rings. The molecule has 0 radical (unpaired) electrons. The molecular formula is C9H9NO2. The zero-order valence-corrected chi connectivity index (χ0v) is 6.76. The summed E-state index contributed by atoms with van der Waals surface area (Å²) < 4.78 is 4.90. The third-order valence-electron chi connectivity index (χ3n) is 1.89. The van der Waals surface area contributed by atoms with Crippen LogP contribution in [0.5, 0.6) is 0 Å². The van der Waals surface area contributed by atoms with Crippen molar-refractivity contribution in [1.29, 1.82) is 0 Å². The maximum absolute atomic E-state index is 10.8. The summed E-state index contributed by atoms with van der Waals surface area (Å²) in [4.78, 5) is 13.4. The predicted molar refractivity (Wildman–Crippen MR) is 46.2 cm³/mol. The van der Waals surface area contributed by atoms with Crippen LogP contribution >= 0.6 is 0 Å².